The van der Waals surface area contributed by atoms with Gasteiger partial charge in [0, 0.05) is 17.6 Å². The first-order valence-electron chi connectivity index (χ1n) is 6.38. The summed E-state index contributed by atoms with van der Waals surface area (Å²) < 4.78 is 1.15. The molecule has 0 spiro atoms. The number of halogens is 1. The molecule has 1 atom stereocenters. The number of nitrogens with zero attached hydrogens (tertiary/aromatic N) is 1. The van der Waals surface area contributed by atoms with E-state index in [1.165, 1.54) is 30.5 Å². The number of aliphatic hydroxyl groups excluding tert-OH is 1. The second-order valence-corrected chi connectivity index (χ2v) is 5.74. The smallest absolute Gasteiger partial charge is 0.0552 e. The fourth-order valence-electron chi connectivity index (χ4n) is 2.41. The molecule has 1 unspecified atom stereocenters. The monoisotopic (exact) mass is 297 g/mol. The third-order valence-electron chi connectivity index (χ3n) is 3.24. The van der Waals surface area contributed by atoms with E-state index >= 15 is 0 Å². The predicted octanol–water partition coefficient (Wildman–Crippen LogP) is 3.36. The summed E-state index contributed by atoms with van der Waals surface area (Å²) >= 11 is 3.65. The van der Waals surface area contributed by atoms with Crippen LogP contribution in [0.15, 0.2) is 22.7 Å². The lowest BCUT2D eigenvalue weighted by Crippen LogP contribution is -2.29. The normalized spacial score (nSPS) is 18.2. The van der Waals surface area contributed by atoms with Crippen LogP contribution in [0.5, 0.6) is 0 Å². The highest BCUT2D eigenvalue weighted by Gasteiger charge is 2.13. The first-order chi connectivity index (χ1) is 8.16. The van der Waals surface area contributed by atoms with Crippen molar-refractivity contribution in [3.8, 4) is 0 Å². The quantitative estimate of drug-likeness (QED) is 0.925. The molecule has 1 fully saturated rings. The molecule has 1 N–H and O–H groups in total. The Bertz CT molecular complexity index is 372. The Hall–Kier alpha value is -0.540. The Kier molecular flexibility index (Phi) is 4.46. The SMILES string of the molecule is CC(O)Cc1ccc(N2CCCCC2)c(Br)c1. The van der Waals surface area contributed by atoms with Crippen molar-refractivity contribution in [1.29, 1.82) is 0 Å². The van der Waals surface area contributed by atoms with Gasteiger partial charge in [-0.3, -0.25) is 0 Å². The second kappa shape index (κ2) is 5.87. The summed E-state index contributed by atoms with van der Waals surface area (Å²) in [6.07, 6.45) is 4.39. The van der Waals surface area contributed by atoms with E-state index in [0.717, 1.165) is 24.0 Å². The van der Waals surface area contributed by atoms with E-state index in [1.54, 1.807) is 0 Å². The Balaban J connectivity index is 2.13. The fourth-order valence-corrected chi connectivity index (χ4v) is 3.09. The molecule has 1 aromatic rings. The molecule has 1 aliphatic heterocycles. The van der Waals surface area contributed by atoms with Gasteiger partial charge in [0.05, 0.1) is 11.8 Å². The number of aliphatic hydroxyl groups is 1. The largest absolute Gasteiger partial charge is 0.393 e. The van der Waals surface area contributed by atoms with Crippen molar-refractivity contribution in [2.75, 3.05) is 18.0 Å². The molecule has 0 bridgehead atoms. The van der Waals surface area contributed by atoms with Gasteiger partial charge in [-0.15, -0.1) is 0 Å². The molecular weight excluding hydrogens is 278 g/mol. The fraction of sp³-hybridized carbons (Fsp3) is 0.571. The van der Waals surface area contributed by atoms with Crippen LogP contribution in [-0.2, 0) is 6.42 Å². The van der Waals surface area contributed by atoms with Crippen molar-refractivity contribution >= 4 is 21.6 Å². The summed E-state index contributed by atoms with van der Waals surface area (Å²) in [5.41, 5.74) is 2.48. The molecular formula is C14H20BrNO. The lowest BCUT2D eigenvalue weighted by molar-refractivity contribution is 0.195. The van der Waals surface area contributed by atoms with Crippen LogP contribution in [0.1, 0.15) is 31.7 Å². The van der Waals surface area contributed by atoms with Gasteiger partial charge >= 0.3 is 0 Å². The average molecular weight is 298 g/mol. The van der Waals surface area contributed by atoms with Crippen molar-refractivity contribution in [1.82, 2.24) is 0 Å². The molecule has 0 amide bonds. The maximum Gasteiger partial charge on any atom is 0.0552 e. The number of hydrogen-bond acceptors (Lipinski definition) is 2. The first kappa shape index (κ1) is 12.9. The van der Waals surface area contributed by atoms with Crippen LogP contribution < -0.4 is 4.90 Å². The number of anilines is 1. The minimum Gasteiger partial charge on any atom is -0.393 e. The highest BCUT2D eigenvalue weighted by atomic mass is 79.9. The summed E-state index contributed by atoms with van der Waals surface area (Å²) in [4.78, 5) is 2.44. The highest BCUT2D eigenvalue weighted by Crippen LogP contribution is 2.29. The van der Waals surface area contributed by atoms with Gasteiger partial charge in [0.15, 0.2) is 0 Å². The van der Waals surface area contributed by atoms with E-state index in [0.29, 0.717) is 0 Å². The second-order valence-electron chi connectivity index (χ2n) is 4.89. The summed E-state index contributed by atoms with van der Waals surface area (Å²) in [5.74, 6) is 0. The number of benzene rings is 1. The van der Waals surface area contributed by atoms with Gasteiger partial charge in [-0.2, -0.15) is 0 Å². The van der Waals surface area contributed by atoms with Gasteiger partial charge in [0.1, 0.15) is 0 Å². The third kappa shape index (κ3) is 3.46. The lowest BCUT2D eigenvalue weighted by atomic mass is 10.1. The standard InChI is InChI=1S/C14H20BrNO/c1-11(17)9-12-5-6-14(13(15)10-12)16-7-3-2-4-8-16/h5-6,10-11,17H,2-4,7-9H2,1H3. The van der Waals surface area contributed by atoms with Crippen molar-refractivity contribution in [3.63, 3.8) is 0 Å². The summed E-state index contributed by atoms with van der Waals surface area (Å²) in [5, 5.41) is 9.39. The molecule has 94 valence electrons. The molecule has 1 aromatic carbocycles. The van der Waals surface area contributed by atoms with Crippen LogP contribution in [0.2, 0.25) is 0 Å². The van der Waals surface area contributed by atoms with Gasteiger partial charge in [-0.05, 0) is 66.2 Å². The summed E-state index contributed by atoms with van der Waals surface area (Å²) in [6, 6.07) is 6.44. The van der Waals surface area contributed by atoms with E-state index in [1.807, 2.05) is 6.92 Å². The number of rotatable bonds is 3. The van der Waals surface area contributed by atoms with Crippen LogP contribution >= 0.6 is 15.9 Å². The maximum atomic E-state index is 9.39. The molecule has 17 heavy (non-hydrogen) atoms. The van der Waals surface area contributed by atoms with Crippen molar-refractivity contribution in [2.45, 2.75) is 38.7 Å². The van der Waals surface area contributed by atoms with Gasteiger partial charge < -0.3 is 10.0 Å². The van der Waals surface area contributed by atoms with E-state index in [9.17, 15) is 5.11 Å². The summed E-state index contributed by atoms with van der Waals surface area (Å²) in [7, 11) is 0. The number of piperidine rings is 1. The topological polar surface area (TPSA) is 23.5 Å². The van der Waals surface area contributed by atoms with E-state index < -0.39 is 0 Å². The van der Waals surface area contributed by atoms with Crippen LogP contribution in [-0.4, -0.2) is 24.3 Å². The Morgan fingerprint density at radius 2 is 2.00 bits per heavy atom. The van der Waals surface area contributed by atoms with Crippen molar-refractivity contribution in [3.05, 3.63) is 28.2 Å². The van der Waals surface area contributed by atoms with Gasteiger partial charge in [-0.25, -0.2) is 0 Å². The molecule has 1 saturated heterocycles. The molecule has 0 saturated carbocycles. The van der Waals surface area contributed by atoms with Crippen LogP contribution in [0.25, 0.3) is 0 Å². The Labute approximate surface area is 112 Å². The third-order valence-corrected chi connectivity index (χ3v) is 3.88. The lowest BCUT2D eigenvalue weighted by Gasteiger charge is -2.29. The summed E-state index contributed by atoms with van der Waals surface area (Å²) in [6.45, 7) is 4.15. The van der Waals surface area contributed by atoms with Crippen LogP contribution in [0, 0.1) is 0 Å². The minimum atomic E-state index is -0.275. The zero-order chi connectivity index (χ0) is 12.3. The van der Waals surface area contributed by atoms with Gasteiger partial charge in [0.2, 0.25) is 0 Å². The van der Waals surface area contributed by atoms with Crippen LogP contribution in [0.3, 0.4) is 0 Å². The average Bonchev–Trinajstić information content (AvgIpc) is 2.29. The molecule has 0 aliphatic carbocycles. The minimum absolute atomic E-state index is 0.275. The molecule has 2 rings (SSSR count). The van der Waals surface area contributed by atoms with Crippen molar-refractivity contribution in [2.24, 2.45) is 0 Å². The van der Waals surface area contributed by atoms with Crippen LogP contribution in [0.4, 0.5) is 5.69 Å². The molecule has 0 radical (unpaired) electrons. The van der Waals surface area contributed by atoms with E-state index in [4.69, 9.17) is 0 Å². The highest BCUT2D eigenvalue weighted by molar-refractivity contribution is 9.10. The molecule has 1 heterocycles. The maximum absolute atomic E-state index is 9.39. The Morgan fingerprint density at radius 1 is 1.29 bits per heavy atom. The zero-order valence-electron chi connectivity index (χ0n) is 10.3. The van der Waals surface area contributed by atoms with E-state index in [-0.39, 0.29) is 6.10 Å². The molecule has 3 heteroatoms. The van der Waals surface area contributed by atoms with Crippen molar-refractivity contribution < 1.29 is 5.11 Å². The first-order valence-corrected chi connectivity index (χ1v) is 7.17. The molecule has 0 aromatic heterocycles. The van der Waals surface area contributed by atoms with Gasteiger partial charge in [-0.1, -0.05) is 6.07 Å². The predicted molar refractivity (Wildman–Crippen MR) is 75.6 cm³/mol. The molecule has 1 aliphatic rings. The van der Waals surface area contributed by atoms with E-state index in [2.05, 4.69) is 39.0 Å². The zero-order valence-corrected chi connectivity index (χ0v) is 11.9. The van der Waals surface area contributed by atoms with Gasteiger partial charge in [0.25, 0.3) is 0 Å². The number of hydrogen-bond donors (Lipinski definition) is 1. The molecule has 2 nitrogen and oxygen atoms in total. The Morgan fingerprint density at radius 3 is 2.59 bits per heavy atom.